The molecule has 16 heavy (non-hydrogen) atoms. The highest BCUT2D eigenvalue weighted by Gasteiger charge is 2.22. The molecular formula is C14H18N2. The molecule has 1 atom stereocenters. The number of nitrogens with zero attached hydrogens (tertiary/aromatic N) is 1. The van der Waals surface area contributed by atoms with E-state index in [1.54, 1.807) is 0 Å². The first-order valence-electron chi connectivity index (χ1n) is 6.15. The van der Waals surface area contributed by atoms with Gasteiger partial charge in [0.25, 0.3) is 0 Å². The number of hydrogen-bond donors (Lipinski definition) is 1. The minimum atomic E-state index is 0.351. The molecule has 0 saturated carbocycles. The van der Waals surface area contributed by atoms with Crippen molar-refractivity contribution >= 4 is 10.9 Å². The van der Waals surface area contributed by atoms with Crippen LogP contribution in [0.5, 0.6) is 0 Å². The summed E-state index contributed by atoms with van der Waals surface area (Å²) in [5.74, 6) is 0. The van der Waals surface area contributed by atoms with E-state index in [2.05, 4.69) is 35.8 Å². The molecule has 1 aromatic heterocycles. The van der Waals surface area contributed by atoms with Crippen molar-refractivity contribution in [2.75, 3.05) is 0 Å². The van der Waals surface area contributed by atoms with Crippen LogP contribution in [0.3, 0.4) is 0 Å². The fourth-order valence-corrected chi connectivity index (χ4v) is 2.99. The van der Waals surface area contributed by atoms with Crippen molar-refractivity contribution < 1.29 is 0 Å². The van der Waals surface area contributed by atoms with Crippen molar-refractivity contribution in [3.8, 4) is 0 Å². The van der Waals surface area contributed by atoms with E-state index in [0.29, 0.717) is 6.04 Å². The van der Waals surface area contributed by atoms with Gasteiger partial charge < -0.3 is 10.3 Å². The van der Waals surface area contributed by atoms with Crippen molar-refractivity contribution in [3.05, 3.63) is 35.5 Å². The molecule has 0 saturated heterocycles. The summed E-state index contributed by atoms with van der Waals surface area (Å²) in [5.41, 5.74) is 10.5. The Balaban J connectivity index is 2.31. The first kappa shape index (κ1) is 9.91. The lowest BCUT2D eigenvalue weighted by molar-refractivity contribution is 0.553. The molecule has 2 aromatic rings. The Morgan fingerprint density at radius 2 is 2.19 bits per heavy atom. The highest BCUT2D eigenvalue weighted by Crippen LogP contribution is 2.31. The van der Waals surface area contributed by atoms with E-state index in [1.807, 2.05) is 0 Å². The fraction of sp³-hybridized carbons (Fsp3) is 0.429. The monoisotopic (exact) mass is 214 g/mol. The standard InChI is InChI=1S/C14H18N2/c1-2-16-13-6-4-3-5-11(13)12-9-10(15)7-8-14(12)16/h3-6,10H,2,7-9,15H2,1H3. The maximum absolute atomic E-state index is 6.08. The third-order valence-electron chi connectivity index (χ3n) is 3.73. The number of fused-ring (bicyclic) bond motifs is 3. The summed E-state index contributed by atoms with van der Waals surface area (Å²) in [6, 6.07) is 9.06. The van der Waals surface area contributed by atoms with Crippen molar-refractivity contribution in [2.45, 2.75) is 38.8 Å². The van der Waals surface area contributed by atoms with Crippen LogP contribution in [0, 0.1) is 0 Å². The van der Waals surface area contributed by atoms with Gasteiger partial charge in [-0.15, -0.1) is 0 Å². The number of rotatable bonds is 1. The molecule has 0 bridgehead atoms. The lowest BCUT2D eigenvalue weighted by atomic mass is 9.92. The second kappa shape index (κ2) is 3.63. The number of hydrogen-bond acceptors (Lipinski definition) is 1. The molecule has 2 heteroatoms. The summed E-state index contributed by atoms with van der Waals surface area (Å²) in [5, 5.41) is 1.41. The molecule has 0 spiro atoms. The molecule has 84 valence electrons. The van der Waals surface area contributed by atoms with Gasteiger partial charge in [0.15, 0.2) is 0 Å². The molecule has 1 heterocycles. The zero-order chi connectivity index (χ0) is 11.1. The number of para-hydroxylation sites is 1. The predicted molar refractivity (Wildman–Crippen MR) is 67.6 cm³/mol. The first-order valence-corrected chi connectivity index (χ1v) is 6.15. The Morgan fingerprint density at radius 3 is 3.00 bits per heavy atom. The van der Waals surface area contributed by atoms with Crippen molar-refractivity contribution in [2.24, 2.45) is 5.73 Å². The van der Waals surface area contributed by atoms with Crippen LogP contribution >= 0.6 is 0 Å². The SMILES string of the molecule is CCn1c2c(c3ccccc31)CC(N)CC2. The van der Waals surface area contributed by atoms with E-state index >= 15 is 0 Å². The molecule has 2 nitrogen and oxygen atoms in total. The molecule has 0 amide bonds. The Hall–Kier alpha value is -1.28. The van der Waals surface area contributed by atoms with Gasteiger partial charge in [0.2, 0.25) is 0 Å². The highest BCUT2D eigenvalue weighted by atomic mass is 15.0. The minimum Gasteiger partial charge on any atom is -0.345 e. The van der Waals surface area contributed by atoms with Gasteiger partial charge in [-0.1, -0.05) is 18.2 Å². The Bertz CT molecular complexity index is 525. The summed E-state index contributed by atoms with van der Waals surface area (Å²) in [6.07, 6.45) is 3.31. The summed E-state index contributed by atoms with van der Waals surface area (Å²) in [4.78, 5) is 0. The van der Waals surface area contributed by atoms with Crippen molar-refractivity contribution in [3.63, 3.8) is 0 Å². The molecule has 1 unspecified atom stereocenters. The summed E-state index contributed by atoms with van der Waals surface area (Å²) in [7, 11) is 0. The van der Waals surface area contributed by atoms with Crippen LogP contribution in [0.4, 0.5) is 0 Å². The lowest BCUT2D eigenvalue weighted by Crippen LogP contribution is -2.28. The molecule has 0 radical (unpaired) electrons. The number of nitrogens with two attached hydrogens (primary N) is 1. The summed E-state index contributed by atoms with van der Waals surface area (Å²) < 4.78 is 2.45. The molecule has 3 rings (SSSR count). The fourth-order valence-electron chi connectivity index (χ4n) is 2.99. The van der Waals surface area contributed by atoms with Crippen LogP contribution < -0.4 is 5.73 Å². The number of benzene rings is 1. The molecule has 1 aliphatic carbocycles. The highest BCUT2D eigenvalue weighted by molar-refractivity contribution is 5.86. The van der Waals surface area contributed by atoms with Crippen LogP contribution in [0.25, 0.3) is 10.9 Å². The Morgan fingerprint density at radius 1 is 1.38 bits per heavy atom. The van der Waals surface area contributed by atoms with Crippen molar-refractivity contribution in [1.29, 1.82) is 0 Å². The second-order valence-electron chi connectivity index (χ2n) is 4.69. The normalized spacial score (nSPS) is 20.0. The van der Waals surface area contributed by atoms with Gasteiger partial charge in [0.05, 0.1) is 0 Å². The Labute approximate surface area is 96.1 Å². The molecule has 0 aliphatic heterocycles. The average Bonchev–Trinajstić information content (AvgIpc) is 2.62. The second-order valence-corrected chi connectivity index (χ2v) is 4.69. The van der Waals surface area contributed by atoms with Gasteiger partial charge in [0.1, 0.15) is 0 Å². The van der Waals surface area contributed by atoms with E-state index in [-0.39, 0.29) is 0 Å². The largest absolute Gasteiger partial charge is 0.345 e. The van der Waals surface area contributed by atoms with Crippen LogP contribution in [-0.4, -0.2) is 10.6 Å². The van der Waals surface area contributed by atoms with E-state index in [1.165, 1.54) is 22.2 Å². The maximum Gasteiger partial charge on any atom is 0.0485 e. The molecule has 1 aromatic carbocycles. The smallest absolute Gasteiger partial charge is 0.0485 e. The van der Waals surface area contributed by atoms with Crippen LogP contribution in [0.1, 0.15) is 24.6 Å². The van der Waals surface area contributed by atoms with E-state index < -0.39 is 0 Å². The molecular weight excluding hydrogens is 196 g/mol. The van der Waals surface area contributed by atoms with Gasteiger partial charge in [-0.3, -0.25) is 0 Å². The van der Waals surface area contributed by atoms with Gasteiger partial charge in [-0.2, -0.15) is 0 Å². The Kier molecular flexibility index (Phi) is 2.25. The zero-order valence-corrected chi connectivity index (χ0v) is 9.74. The third-order valence-corrected chi connectivity index (χ3v) is 3.73. The van der Waals surface area contributed by atoms with E-state index in [0.717, 1.165) is 25.8 Å². The summed E-state index contributed by atoms with van der Waals surface area (Å²) in [6.45, 7) is 3.28. The molecule has 0 fully saturated rings. The van der Waals surface area contributed by atoms with Gasteiger partial charge in [0, 0.05) is 29.2 Å². The van der Waals surface area contributed by atoms with Gasteiger partial charge >= 0.3 is 0 Å². The molecule has 2 N–H and O–H groups in total. The van der Waals surface area contributed by atoms with E-state index in [9.17, 15) is 0 Å². The van der Waals surface area contributed by atoms with Crippen LogP contribution in [0.15, 0.2) is 24.3 Å². The number of aryl methyl sites for hydroxylation is 1. The predicted octanol–water partition coefficient (Wildman–Crippen LogP) is 2.48. The first-order chi connectivity index (χ1) is 7.81. The van der Waals surface area contributed by atoms with E-state index in [4.69, 9.17) is 5.73 Å². The maximum atomic E-state index is 6.08. The summed E-state index contributed by atoms with van der Waals surface area (Å²) >= 11 is 0. The quantitative estimate of drug-likeness (QED) is 0.776. The van der Waals surface area contributed by atoms with Crippen molar-refractivity contribution in [1.82, 2.24) is 4.57 Å². The van der Waals surface area contributed by atoms with Crippen LogP contribution in [-0.2, 0) is 19.4 Å². The topological polar surface area (TPSA) is 30.9 Å². The average molecular weight is 214 g/mol. The lowest BCUT2D eigenvalue weighted by Gasteiger charge is -2.20. The van der Waals surface area contributed by atoms with Gasteiger partial charge in [-0.25, -0.2) is 0 Å². The molecule has 1 aliphatic rings. The number of aromatic nitrogens is 1. The minimum absolute atomic E-state index is 0.351. The third kappa shape index (κ3) is 1.30. The van der Waals surface area contributed by atoms with Gasteiger partial charge in [-0.05, 0) is 37.8 Å². The zero-order valence-electron chi connectivity index (χ0n) is 9.74. The van der Waals surface area contributed by atoms with Crippen LogP contribution in [0.2, 0.25) is 0 Å².